The van der Waals surface area contributed by atoms with Crippen LogP contribution in [0.15, 0.2) is 12.2 Å². The Labute approximate surface area is 64.2 Å². The third-order valence-electron chi connectivity index (χ3n) is 0.578. The van der Waals surface area contributed by atoms with Crippen LogP contribution in [0.4, 0.5) is 13.2 Å². The van der Waals surface area contributed by atoms with Gasteiger partial charge in [0.2, 0.25) is 0 Å². The van der Waals surface area contributed by atoms with E-state index in [0.29, 0.717) is 0 Å². The number of carbonyl (C=O) groups is 2. The number of hydrogen-bond donors (Lipinski definition) is 1. The fourth-order valence-corrected chi connectivity index (χ4v) is 0.287. The first-order chi connectivity index (χ1) is 5.31. The summed E-state index contributed by atoms with van der Waals surface area (Å²) >= 11 is 0. The molecule has 0 saturated heterocycles. The highest BCUT2D eigenvalue weighted by Gasteiger charge is 2.32. The highest BCUT2D eigenvalue weighted by Crippen LogP contribution is 2.16. The second-order valence-electron chi connectivity index (χ2n) is 1.54. The Morgan fingerprint density at radius 1 is 1.25 bits per heavy atom. The molecular weight excluding hydrogens is 181 g/mol. The van der Waals surface area contributed by atoms with Crippen molar-refractivity contribution in [1.29, 1.82) is 0 Å². The van der Waals surface area contributed by atoms with Gasteiger partial charge in [0.15, 0.2) is 0 Å². The molecule has 4 nitrogen and oxygen atoms in total. The molecule has 0 unspecified atom stereocenters. The number of alkyl halides is 3. The number of hydrogen-bond acceptors (Lipinski definition) is 3. The molecule has 0 saturated carbocycles. The number of carboxylic acids is 1. The minimum Gasteiger partial charge on any atom is -0.478 e. The number of halogens is 3. The zero-order chi connectivity index (χ0) is 9.78. The summed E-state index contributed by atoms with van der Waals surface area (Å²) in [5.74, 6) is -3.31. The standard InChI is InChI=1S/C5H3F3O4/c6-5(7,8)12-4(11)2-1-3(9)10/h1-2H,(H,9,10)/b2-1+. The van der Waals surface area contributed by atoms with E-state index < -0.39 is 18.3 Å². The molecule has 0 fully saturated rings. The summed E-state index contributed by atoms with van der Waals surface area (Å²) in [6.07, 6.45) is -4.68. The van der Waals surface area contributed by atoms with Gasteiger partial charge in [0, 0.05) is 12.2 Å². The normalized spacial score (nSPS) is 11.6. The van der Waals surface area contributed by atoms with Crippen molar-refractivity contribution in [3.63, 3.8) is 0 Å². The van der Waals surface area contributed by atoms with E-state index in [9.17, 15) is 22.8 Å². The number of rotatable bonds is 2. The number of ether oxygens (including phenoxy) is 1. The zero-order valence-electron chi connectivity index (χ0n) is 5.46. The zero-order valence-corrected chi connectivity index (χ0v) is 5.46. The molecule has 0 heterocycles. The topological polar surface area (TPSA) is 63.6 Å². The molecule has 0 aliphatic carbocycles. The predicted molar refractivity (Wildman–Crippen MR) is 28.9 cm³/mol. The number of esters is 1. The minimum atomic E-state index is -5.08. The van der Waals surface area contributed by atoms with E-state index in [2.05, 4.69) is 4.74 Å². The molecule has 0 aliphatic heterocycles. The lowest BCUT2D eigenvalue weighted by Crippen LogP contribution is -2.17. The van der Waals surface area contributed by atoms with Gasteiger partial charge in [0.25, 0.3) is 0 Å². The Kier molecular flexibility index (Phi) is 3.27. The molecule has 68 valence electrons. The maximum Gasteiger partial charge on any atom is 0.575 e. The summed E-state index contributed by atoms with van der Waals surface area (Å²) in [6.45, 7) is 0. The van der Waals surface area contributed by atoms with Crippen molar-refractivity contribution in [1.82, 2.24) is 0 Å². The molecule has 0 aromatic rings. The van der Waals surface area contributed by atoms with E-state index in [4.69, 9.17) is 5.11 Å². The molecule has 0 rings (SSSR count). The monoisotopic (exact) mass is 184 g/mol. The van der Waals surface area contributed by atoms with E-state index in [0.717, 1.165) is 0 Å². The summed E-state index contributed by atoms with van der Waals surface area (Å²) in [4.78, 5) is 19.8. The van der Waals surface area contributed by atoms with Crippen LogP contribution < -0.4 is 0 Å². The Balaban J connectivity index is 3.99. The number of carbonyl (C=O) groups excluding carboxylic acids is 1. The highest BCUT2D eigenvalue weighted by molar-refractivity contribution is 5.90. The van der Waals surface area contributed by atoms with Crippen LogP contribution in [0.25, 0.3) is 0 Å². The summed E-state index contributed by atoms with van der Waals surface area (Å²) in [5, 5.41) is 7.88. The van der Waals surface area contributed by atoms with Crippen LogP contribution in [-0.4, -0.2) is 23.4 Å². The predicted octanol–water partition coefficient (Wildman–Crippen LogP) is 0.690. The molecule has 7 heteroatoms. The average molecular weight is 184 g/mol. The number of aliphatic carboxylic acids is 1. The van der Waals surface area contributed by atoms with Gasteiger partial charge in [-0.2, -0.15) is 0 Å². The van der Waals surface area contributed by atoms with Crippen molar-refractivity contribution >= 4 is 11.9 Å². The van der Waals surface area contributed by atoms with Crippen LogP contribution >= 0.6 is 0 Å². The fraction of sp³-hybridized carbons (Fsp3) is 0.200. The lowest BCUT2D eigenvalue weighted by atomic mass is 10.5. The van der Waals surface area contributed by atoms with E-state index in [1.54, 1.807) is 0 Å². The van der Waals surface area contributed by atoms with Crippen LogP contribution in [0.1, 0.15) is 0 Å². The van der Waals surface area contributed by atoms with Gasteiger partial charge >= 0.3 is 18.3 Å². The lowest BCUT2D eigenvalue weighted by molar-refractivity contribution is -0.303. The SMILES string of the molecule is O=C(O)/C=C/C(=O)OC(F)(F)F. The van der Waals surface area contributed by atoms with Gasteiger partial charge in [-0.25, -0.2) is 9.59 Å². The molecule has 0 radical (unpaired) electrons. The molecule has 0 atom stereocenters. The Hall–Kier alpha value is -1.53. The highest BCUT2D eigenvalue weighted by atomic mass is 19.4. The fourth-order valence-electron chi connectivity index (χ4n) is 0.287. The Bertz CT molecular complexity index is 217. The van der Waals surface area contributed by atoms with Gasteiger partial charge in [0.1, 0.15) is 0 Å². The third-order valence-corrected chi connectivity index (χ3v) is 0.578. The van der Waals surface area contributed by atoms with Crippen LogP contribution in [0.3, 0.4) is 0 Å². The first-order valence-electron chi connectivity index (χ1n) is 2.52. The summed E-state index contributed by atoms with van der Waals surface area (Å²) in [5.41, 5.74) is 0. The van der Waals surface area contributed by atoms with Gasteiger partial charge in [-0.3, -0.25) is 0 Å². The number of carboxylic acid groups (broad SMARTS) is 1. The van der Waals surface area contributed by atoms with Crippen molar-refractivity contribution < 1.29 is 32.6 Å². The van der Waals surface area contributed by atoms with E-state index in [1.165, 1.54) is 0 Å². The molecule has 0 aromatic heterocycles. The van der Waals surface area contributed by atoms with Crippen LogP contribution in [0, 0.1) is 0 Å². The van der Waals surface area contributed by atoms with E-state index in [1.807, 2.05) is 0 Å². The van der Waals surface area contributed by atoms with Crippen molar-refractivity contribution in [2.45, 2.75) is 6.36 Å². The van der Waals surface area contributed by atoms with Gasteiger partial charge in [-0.1, -0.05) is 0 Å². The van der Waals surface area contributed by atoms with Gasteiger partial charge < -0.3 is 9.84 Å². The van der Waals surface area contributed by atoms with Crippen LogP contribution in [0.2, 0.25) is 0 Å². The molecule has 0 spiro atoms. The first kappa shape index (κ1) is 10.5. The third kappa shape index (κ3) is 6.59. The maximum absolute atomic E-state index is 11.2. The summed E-state index contributed by atoms with van der Waals surface area (Å²) in [7, 11) is 0. The van der Waals surface area contributed by atoms with Crippen molar-refractivity contribution in [3.05, 3.63) is 12.2 Å². The molecule has 0 aliphatic rings. The van der Waals surface area contributed by atoms with Crippen molar-refractivity contribution in [2.24, 2.45) is 0 Å². The Morgan fingerprint density at radius 2 is 1.75 bits per heavy atom. The molecule has 1 N–H and O–H groups in total. The molecule has 0 bridgehead atoms. The Morgan fingerprint density at radius 3 is 2.08 bits per heavy atom. The van der Waals surface area contributed by atoms with Gasteiger partial charge in [-0.15, -0.1) is 13.2 Å². The molecule has 0 amide bonds. The summed E-state index contributed by atoms with van der Waals surface area (Å²) in [6, 6.07) is 0. The smallest absolute Gasteiger partial charge is 0.478 e. The first-order valence-corrected chi connectivity index (χ1v) is 2.52. The van der Waals surface area contributed by atoms with Crippen LogP contribution in [-0.2, 0) is 14.3 Å². The molecule has 0 aromatic carbocycles. The van der Waals surface area contributed by atoms with Gasteiger partial charge in [0.05, 0.1) is 0 Å². The quantitative estimate of drug-likeness (QED) is 0.506. The second-order valence-corrected chi connectivity index (χ2v) is 1.54. The van der Waals surface area contributed by atoms with Gasteiger partial charge in [-0.05, 0) is 0 Å². The lowest BCUT2D eigenvalue weighted by Gasteiger charge is -2.02. The maximum atomic E-state index is 11.2. The molecule has 12 heavy (non-hydrogen) atoms. The van der Waals surface area contributed by atoms with Crippen LogP contribution in [0.5, 0.6) is 0 Å². The van der Waals surface area contributed by atoms with Crippen molar-refractivity contribution in [3.8, 4) is 0 Å². The summed E-state index contributed by atoms with van der Waals surface area (Å²) < 4.78 is 36.4. The molecular formula is C5H3F3O4. The van der Waals surface area contributed by atoms with E-state index in [-0.39, 0.29) is 12.2 Å². The second kappa shape index (κ2) is 3.74. The average Bonchev–Trinajstić information content (AvgIpc) is 1.79. The minimum absolute atomic E-state index is 0.163. The van der Waals surface area contributed by atoms with E-state index >= 15 is 0 Å². The van der Waals surface area contributed by atoms with Crippen molar-refractivity contribution in [2.75, 3.05) is 0 Å². The largest absolute Gasteiger partial charge is 0.575 e.